The normalized spacial score (nSPS) is 14.0. The van der Waals surface area contributed by atoms with Gasteiger partial charge in [-0.05, 0) is 67.6 Å². The van der Waals surface area contributed by atoms with Crippen LogP contribution in [0.2, 0.25) is 0 Å². The minimum Gasteiger partial charge on any atom is -0.494 e. The van der Waals surface area contributed by atoms with Crippen LogP contribution in [0.4, 0.5) is 11.4 Å². The number of aliphatic carboxylic acids is 2. The van der Waals surface area contributed by atoms with Crippen molar-refractivity contribution >= 4 is 29.2 Å². The quantitative estimate of drug-likeness (QED) is 0.177. The van der Waals surface area contributed by atoms with Crippen LogP contribution in [0.3, 0.4) is 0 Å². The molecule has 0 fully saturated rings. The van der Waals surface area contributed by atoms with Gasteiger partial charge >= 0.3 is 11.9 Å². The van der Waals surface area contributed by atoms with Gasteiger partial charge in [0.05, 0.1) is 24.5 Å². The van der Waals surface area contributed by atoms with Crippen LogP contribution in [0.25, 0.3) is 0 Å². The molecule has 0 radical (unpaired) electrons. The van der Waals surface area contributed by atoms with Crippen LogP contribution >= 0.6 is 0 Å². The minimum atomic E-state index is -1.15. The highest BCUT2D eigenvalue weighted by atomic mass is 16.5. The first-order chi connectivity index (χ1) is 20.4. The zero-order chi connectivity index (χ0) is 29.7. The van der Waals surface area contributed by atoms with Crippen LogP contribution in [0.1, 0.15) is 60.9 Å². The molecular weight excluding hydrogens is 536 g/mol. The third-order valence-electron chi connectivity index (χ3n) is 7.16. The largest absolute Gasteiger partial charge is 0.494 e. The summed E-state index contributed by atoms with van der Waals surface area (Å²) in [5.41, 5.74) is 2.76. The van der Waals surface area contributed by atoms with Crippen LogP contribution in [0, 0.1) is 0 Å². The Bertz CT molecular complexity index is 1330. The summed E-state index contributed by atoms with van der Waals surface area (Å²) in [6.45, 7) is 1.04. The summed E-state index contributed by atoms with van der Waals surface area (Å²) in [5.74, 6) is -1.48. The van der Waals surface area contributed by atoms with Crippen molar-refractivity contribution in [1.29, 1.82) is 0 Å². The number of aryl methyl sites for hydroxylation is 1. The van der Waals surface area contributed by atoms with Gasteiger partial charge in [0.1, 0.15) is 5.75 Å². The zero-order valence-corrected chi connectivity index (χ0v) is 23.7. The van der Waals surface area contributed by atoms with Gasteiger partial charge < -0.3 is 29.9 Å². The number of hydrogen-bond acceptors (Lipinski definition) is 6. The fourth-order valence-electron chi connectivity index (χ4n) is 4.93. The molecule has 1 aliphatic rings. The van der Waals surface area contributed by atoms with Crippen molar-refractivity contribution in [2.45, 2.75) is 57.5 Å². The molecule has 3 aromatic rings. The molecule has 0 aliphatic carbocycles. The van der Waals surface area contributed by atoms with Gasteiger partial charge in [-0.1, -0.05) is 55.7 Å². The van der Waals surface area contributed by atoms with Gasteiger partial charge in [0.2, 0.25) is 6.10 Å². The molecule has 0 saturated carbocycles. The lowest BCUT2D eigenvalue weighted by atomic mass is 10.1. The number of ether oxygens (including phenoxy) is 2. The molecule has 1 heterocycles. The van der Waals surface area contributed by atoms with Gasteiger partial charge in [-0.3, -0.25) is 9.59 Å². The van der Waals surface area contributed by atoms with E-state index in [-0.39, 0.29) is 24.6 Å². The average molecular weight is 575 g/mol. The fraction of sp³-hybridized carbons (Fsp3) is 0.364. The zero-order valence-electron chi connectivity index (χ0n) is 23.7. The second-order valence-electron chi connectivity index (χ2n) is 10.4. The summed E-state index contributed by atoms with van der Waals surface area (Å²) in [4.78, 5) is 37.5. The number of carboxylic acid groups (broad SMARTS) is 2. The molecule has 1 amide bonds. The van der Waals surface area contributed by atoms with E-state index < -0.39 is 18.0 Å². The third kappa shape index (κ3) is 8.99. The average Bonchev–Trinajstić information content (AvgIpc) is 2.99. The molecule has 0 aromatic heterocycles. The predicted molar refractivity (Wildman–Crippen MR) is 161 cm³/mol. The van der Waals surface area contributed by atoms with Gasteiger partial charge in [-0.15, -0.1) is 0 Å². The van der Waals surface area contributed by atoms with E-state index in [1.807, 2.05) is 6.07 Å². The molecule has 9 heteroatoms. The molecule has 1 unspecified atom stereocenters. The number of carbonyl (C=O) groups is 3. The van der Waals surface area contributed by atoms with Crippen LogP contribution in [0.5, 0.6) is 11.5 Å². The maximum atomic E-state index is 13.0. The molecular formula is C33H38N2O7. The Labute approximate surface area is 246 Å². The predicted octanol–water partition coefficient (Wildman–Crippen LogP) is 6.03. The Morgan fingerprint density at radius 3 is 2.33 bits per heavy atom. The lowest BCUT2D eigenvalue weighted by molar-refractivity contribution is -0.145. The number of rotatable bonds is 16. The highest BCUT2D eigenvalue weighted by Gasteiger charge is 2.32. The standard InChI is InChI=1S/C33H38N2O7/c36-30(37)16-10-21-35-23-29(33(39)40)42-31-27(14-9-15-28(31)35)34-32(38)25-17-19-26(20-18-25)41-22-8-3-1-2-5-11-24-12-6-4-7-13-24/h4,6-7,9,12-15,17-20,29H,1-3,5,8,10-11,16,21-23H2,(H,34,38)(H,36,37)(H,39,40). The first-order valence-electron chi connectivity index (χ1n) is 14.5. The Morgan fingerprint density at radius 2 is 1.60 bits per heavy atom. The molecule has 42 heavy (non-hydrogen) atoms. The van der Waals surface area contributed by atoms with Gasteiger partial charge in [-0.25, -0.2) is 4.79 Å². The first-order valence-corrected chi connectivity index (χ1v) is 14.5. The number of hydrogen-bond donors (Lipinski definition) is 3. The number of carbonyl (C=O) groups excluding carboxylic acids is 1. The van der Waals surface area contributed by atoms with Crippen LogP contribution < -0.4 is 19.7 Å². The van der Waals surface area contributed by atoms with E-state index in [4.69, 9.17) is 14.6 Å². The van der Waals surface area contributed by atoms with Crippen molar-refractivity contribution in [2.75, 3.05) is 29.9 Å². The fourth-order valence-corrected chi connectivity index (χ4v) is 4.93. The van der Waals surface area contributed by atoms with Crippen molar-refractivity contribution in [3.8, 4) is 11.5 Å². The molecule has 4 rings (SSSR count). The summed E-state index contributed by atoms with van der Waals surface area (Å²) < 4.78 is 11.6. The highest BCUT2D eigenvalue weighted by Crippen LogP contribution is 2.40. The Balaban J connectivity index is 1.25. The molecule has 0 saturated heterocycles. The second kappa shape index (κ2) is 15.5. The van der Waals surface area contributed by atoms with E-state index in [9.17, 15) is 19.5 Å². The van der Waals surface area contributed by atoms with Crippen molar-refractivity contribution in [3.63, 3.8) is 0 Å². The van der Waals surface area contributed by atoms with Crippen molar-refractivity contribution < 1.29 is 34.1 Å². The van der Waals surface area contributed by atoms with Crippen LogP contribution in [0.15, 0.2) is 72.8 Å². The van der Waals surface area contributed by atoms with E-state index in [2.05, 4.69) is 29.6 Å². The number of fused-ring (bicyclic) bond motifs is 1. The molecule has 3 aromatic carbocycles. The maximum absolute atomic E-state index is 13.0. The van der Waals surface area contributed by atoms with Crippen LogP contribution in [-0.4, -0.2) is 53.9 Å². The lowest BCUT2D eigenvalue weighted by Gasteiger charge is -2.35. The minimum absolute atomic E-state index is 0.0320. The van der Waals surface area contributed by atoms with Crippen molar-refractivity contribution in [1.82, 2.24) is 0 Å². The van der Waals surface area contributed by atoms with E-state index in [1.165, 1.54) is 24.8 Å². The van der Waals surface area contributed by atoms with E-state index in [0.717, 1.165) is 19.3 Å². The van der Waals surface area contributed by atoms with E-state index >= 15 is 0 Å². The number of nitrogens with one attached hydrogen (secondary N) is 1. The smallest absolute Gasteiger partial charge is 0.346 e. The topological polar surface area (TPSA) is 125 Å². The first kappa shape index (κ1) is 30.4. The summed E-state index contributed by atoms with van der Waals surface area (Å²) >= 11 is 0. The van der Waals surface area contributed by atoms with E-state index in [1.54, 1.807) is 47.4 Å². The molecule has 0 bridgehead atoms. The van der Waals surface area contributed by atoms with Crippen LogP contribution in [-0.2, 0) is 16.0 Å². The number of unbranched alkanes of at least 4 members (excludes halogenated alkanes) is 4. The molecule has 0 spiro atoms. The number of amides is 1. The van der Waals surface area contributed by atoms with E-state index in [0.29, 0.717) is 42.3 Å². The summed E-state index contributed by atoms with van der Waals surface area (Å²) in [7, 11) is 0. The Hall–Kier alpha value is -4.53. The van der Waals surface area contributed by atoms with Crippen molar-refractivity contribution in [2.24, 2.45) is 0 Å². The second-order valence-corrected chi connectivity index (χ2v) is 10.4. The molecule has 1 aliphatic heterocycles. The SMILES string of the molecule is O=C(O)CCCN1CC(C(=O)O)Oc2c(NC(=O)c3ccc(OCCCCCCCc4ccccc4)cc3)cccc21. The molecule has 222 valence electrons. The Kier molecular flexibility index (Phi) is 11.2. The van der Waals surface area contributed by atoms with Crippen molar-refractivity contribution in [3.05, 3.63) is 83.9 Å². The number of anilines is 2. The maximum Gasteiger partial charge on any atom is 0.346 e. The number of para-hydroxylation sites is 1. The summed E-state index contributed by atoms with van der Waals surface area (Å²) in [5, 5.41) is 21.4. The number of nitrogens with zero attached hydrogens (tertiary/aromatic N) is 1. The number of benzene rings is 3. The lowest BCUT2D eigenvalue weighted by Crippen LogP contribution is -2.45. The number of carboxylic acids is 2. The third-order valence-corrected chi connectivity index (χ3v) is 7.16. The molecule has 3 N–H and O–H groups in total. The molecule has 1 atom stereocenters. The van der Waals surface area contributed by atoms with Gasteiger partial charge in [0.15, 0.2) is 5.75 Å². The van der Waals surface area contributed by atoms with Gasteiger partial charge in [0.25, 0.3) is 5.91 Å². The highest BCUT2D eigenvalue weighted by molar-refractivity contribution is 6.05. The molecule has 9 nitrogen and oxygen atoms in total. The summed E-state index contributed by atoms with van der Waals surface area (Å²) in [6, 6.07) is 22.6. The van der Waals surface area contributed by atoms with Gasteiger partial charge in [0, 0.05) is 18.5 Å². The Morgan fingerprint density at radius 1 is 0.857 bits per heavy atom. The summed E-state index contributed by atoms with van der Waals surface area (Å²) in [6.07, 6.45) is 5.94. The van der Waals surface area contributed by atoms with Gasteiger partial charge in [-0.2, -0.15) is 0 Å². The monoisotopic (exact) mass is 574 g/mol.